The van der Waals surface area contributed by atoms with Crippen molar-refractivity contribution in [3.8, 4) is 0 Å². The minimum atomic E-state index is -0.435. The zero-order chi connectivity index (χ0) is 16.8. The Morgan fingerprint density at radius 1 is 1.43 bits per heavy atom. The van der Waals surface area contributed by atoms with Crippen molar-refractivity contribution in [3.05, 3.63) is 51.0 Å². The molecule has 1 aromatic heterocycles. The Morgan fingerprint density at radius 3 is 2.70 bits per heavy atom. The van der Waals surface area contributed by atoms with Crippen molar-refractivity contribution in [3.63, 3.8) is 0 Å². The smallest absolute Gasteiger partial charge is 0.269 e. The number of thioether (sulfide) groups is 1. The number of thiazole rings is 1. The number of aromatic nitrogens is 1. The van der Waals surface area contributed by atoms with E-state index in [1.165, 1.54) is 23.9 Å². The summed E-state index contributed by atoms with van der Waals surface area (Å²) in [5.41, 5.74) is 0.0499. The van der Waals surface area contributed by atoms with Crippen LogP contribution >= 0.6 is 23.1 Å². The molecule has 0 bridgehead atoms. The summed E-state index contributed by atoms with van der Waals surface area (Å²) in [7, 11) is 1.78. The van der Waals surface area contributed by atoms with Gasteiger partial charge in [0.15, 0.2) is 0 Å². The number of nitro benzene ring substituents is 1. The third-order valence-corrected chi connectivity index (χ3v) is 5.17. The number of carbonyl (C=O) groups is 1. The molecule has 0 spiro atoms. The first-order chi connectivity index (χ1) is 11.0. The largest absolute Gasteiger partial charge is 0.344 e. The van der Waals surface area contributed by atoms with Crippen LogP contribution < -0.4 is 0 Å². The van der Waals surface area contributed by atoms with Crippen molar-refractivity contribution in [1.29, 1.82) is 0 Å². The number of benzene rings is 1. The molecule has 1 heterocycles. The Kier molecular flexibility index (Phi) is 6.12. The fourth-order valence-corrected chi connectivity index (χ4v) is 3.55. The molecule has 8 heteroatoms. The average molecular weight is 351 g/mol. The molecule has 0 aliphatic heterocycles. The van der Waals surface area contributed by atoms with Gasteiger partial charge in [0.25, 0.3) is 5.69 Å². The maximum absolute atomic E-state index is 12.4. The van der Waals surface area contributed by atoms with Crippen LogP contribution in [0.2, 0.25) is 0 Å². The Labute approximate surface area is 142 Å². The molecular weight excluding hydrogens is 334 g/mol. The predicted octanol–water partition coefficient (Wildman–Crippen LogP) is 3.23. The van der Waals surface area contributed by atoms with E-state index in [1.54, 1.807) is 41.6 Å². The van der Waals surface area contributed by atoms with E-state index >= 15 is 0 Å². The summed E-state index contributed by atoms with van der Waals surface area (Å²) < 4.78 is 0. The number of carbonyl (C=O) groups excluding carboxylic acids is 1. The van der Waals surface area contributed by atoms with Crippen LogP contribution in [0.3, 0.4) is 0 Å². The molecule has 1 amide bonds. The van der Waals surface area contributed by atoms with E-state index in [0.29, 0.717) is 6.54 Å². The van der Waals surface area contributed by atoms with Gasteiger partial charge in [0, 0.05) is 48.6 Å². The van der Waals surface area contributed by atoms with Gasteiger partial charge in [-0.05, 0) is 19.1 Å². The number of nitrogens with zero attached hydrogens (tertiary/aromatic N) is 3. The second-order valence-electron chi connectivity index (χ2n) is 4.95. The molecule has 23 heavy (non-hydrogen) atoms. The zero-order valence-corrected chi connectivity index (χ0v) is 14.5. The van der Waals surface area contributed by atoms with E-state index in [2.05, 4.69) is 4.98 Å². The maximum Gasteiger partial charge on any atom is 0.269 e. The van der Waals surface area contributed by atoms with Gasteiger partial charge in [0.2, 0.25) is 5.91 Å². The Morgan fingerprint density at radius 2 is 2.13 bits per heavy atom. The topological polar surface area (TPSA) is 76.3 Å². The van der Waals surface area contributed by atoms with Crippen LogP contribution in [0, 0.1) is 10.1 Å². The van der Waals surface area contributed by atoms with Gasteiger partial charge < -0.3 is 4.90 Å². The van der Waals surface area contributed by atoms with Crippen LogP contribution in [0.1, 0.15) is 11.9 Å². The van der Waals surface area contributed by atoms with Gasteiger partial charge in [-0.3, -0.25) is 14.9 Å². The standard InChI is InChI=1S/C15H17N3O3S2/c1-11(23-13-5-3-12(4-6-13)18(20)21)15(19)17(2)9-7-14-16-8-10-22-14/h3-6,8,10-11H,7,9H2,1-2H3. The highest BCUT2D eigenvalue weighted by Crippen LogP contribution is 2.26. The van der Waals surface area contributed by atoms with Crippen molar-refractivity contribution in [2.75, 3.05) is 13.6 Å². The summed E-state index contributed by atoms with van der Waals surface area (Å²) in [6.07, 6.45) is 2.50. The molecule has 122 valence electrons. The van der Waals surface area contributed by atoms with Crippen LogP contribution in [0.5, 0.6) is 0 Å². The molecule has 0 aliphatic rings. The van der Waals surface area contributed by atoms with E-state index in [9.17, 15) is 14.9 Å². The lowest BCUT2D eigenvalue weighted by molar-refractivity contribution is -0.384. The van der Waals surface area contributed by atoms with Crippen molar-refractivity contribution in [1.82, 2.24) is 9.88 Å². The molecule has 2 aromatic rings. The molecule has 0 aliphatic carbocycles. The molecule has 0 fully saturated rings. The number of rotatable bonds is 7. The van der Waals surface area contributed by atoms with Crippen LogP contribution in [0.25, 0.3) is 0 Å². The first-order valence-electron chi connectivity index (χ1n) is 7.02. The summed E-state index contributed by atoms with van der Waals surface area (Å²) in [5, 5.41) is 13.3. The second-order valence-corrected chi connectivity index (χ2v) is 7.34. The van der Waals surface area contributed by atoms with E-state index in [-0.39, 0.29) is 16.8 Å². The van der Waals surface area contributed by atoms with Crippen molar-refractivity contribution < 1.29 is 9.72 Å². The number of likely N-dealkylation sites (N-methyl/N-ethyl adjacent to an activating group) is 1. The number of nitro groups is 1. The molecule has 0 N–H and O–H groups in total. The zero-order valence-electron chi connectivity index (χ0n) is 12.8. The molecular formula is C15H17N3O3S2. The fourth-order valence-electron chi connectivity index (χ4n) is 1.96. The van der Waals surface area contributed by atoms with E-state index in [4.69, 9.17) is 0 Å². The van der Waals surface area contributed by atoms with Gasteiger partial charge in [0.1, 0.15) is 0 Å². The van der Waals surface area contributed by atoms with Gasteiger partial charge in [-0.25, -0.2) is 4.98 Å². The number of amides is 1. The fraction of sp³-hybridized carbons (Fsp3) is 0.333. The average Bonchev–Trinajstić information content (AvgIpc) is 3.05. The van der Waals surface area contributed by atoms with Crippen molar-refractivity contribution >= 4 is 34.7 Å². The van der Waals surface area contributed by atoms with Gasteiger partial charge in [0.05, 0.1) is 15.2 Å². The van der Waals surface area contributed by atoms with E-state index < -0.39 is 4.92 Å². The SMILES string of the molecule is CC(Sc1ccc([N+](=O)[O-])cc1)C(=O)N(C)CCc1nccs1. The highest BCUT2D eigenvalue weighted by molar-refractivity contribution is 8.00. The normalized spacial score (nSPS) is 11.9. The molecule has 6 nitrogen and oxygen atoms in total. The molecule has 1 atom stereocenters. The van der Waals surface area contributed by atoms with Gasteiger partial charge in [-0.15, -0.1) is 23.1 Å². The minimum absolute atomic E-state index is 0.0323. The Balaban J connectivity index is 1.87. The number of non-ortho nitro benzene ring substituents is 1. The maximum atomic E-state index is 12.4. The summed E-state index contributed by atoms with van der Waals surface area (Å²) in [6, 6.07) is 6.24. The summed E-state index contributed by atoms with van der Waals surface area (Å²) in [6.45, 7) is 2.46. The number of hydrogen-bond donors (Lipinski definition) is 0. The number of hydrogen-bond acceptors (Lipinski definition) is 6. The molecule has 0 saturated carbocycles. The van der Waals surface area contributed by atoms with Crippen LogP contribution in [-0.4, -0.2) is 39.6 Å². The minimum Gasteiger partial charge on any atom is -0.344 e. The molecule has 1 aromatic carbocycles. The molecule has 0 saturated heterocycles. The Hall–Kier alpha value is -1.93. The van der Waals surface area contributed by atoms with Crippen molar-refractivity contribution in [2.24, 2.45) is 0 Å². The summed E-state index contributed by atoms with van der Waals surface area (Å²) in [4.78, 5) is 29.3. The summed E-state index contributed by atoms with van der Waals surface area (Å²) >= 11 is 2.98. The van der Waals surface area contributed by atoms with Crippen molar-refractivity contribution in [2.45, 2.75) is 23.5 Å². The van der Waals surface area contributed by atoms with E-state index in [1.807, 2.05) is 12.3 Å². The third kappa shape index (κ3) is 5.04. The first-order valence-corrected chi connectivity index (χ1v) is 8.77. The lowest BCUT2D eigenvalue weighted by Crippen LogP contribution is -2.34. The molecule has 1 unspecified atom stereocenters. The van der Waals surface area contributed by atoms with Gasteiger partial charge in [-0.2, -0.15) is 0 Å². The highest BCUT2D eigenvalue weighted by atomic mass is 32.2. The Bertz CT molecular complexity index is 659. The summed E-state index contributed by atoms with van der Waals surface area (Å²) in [5.74, 6) is 0.0323. The monoisotopic (exact) mass is 351 g/mol. The lowest BCUT2D eigenvalue weighted by Gasteiger charge is -2.20. The molecule has 2 rings (SSSR count). The molecule has 0 radical (unpaired) electrons. The predicted molar refractivity (Wildman–Crippen MR) is 91.9 cm³/mol. The van der Waals surface area contributed by atoms with Crippen LogP contribution in [-0.2, 0) is 11.2 Å². The van der Waals surface area contributed by atoms with Crippen LogP contribution in [0.15, 0.2) is 40.7 Å². The van der Waals surface area contributed by atoms with Gasteiger partial charge in [-0.1, -0.05) is 0 Å². The third-order valence-electron chi connectivity index (χ3n) is 3.23. The van der Waals surface area contributed by atoms with Crippen LogP contribution in [0.4, 0.5) is 5.69 Å². The highest BCUT2D eigenvalue weighted by Gasteiger charge is 2.19. The van der Waals surface area contributed by atoms with E-state index in [0.717, 1.165) is 16.3 Å². The first kappa shape index (κ1) is 17.4. The lowest BCUT2D eigenvalue weighted by atomic mass is 10.3. The second kappa shape index (κ2) is 8.07. The van der Waals surface area contributed by atoms with Gasteiger partial charge >= 0.3 is 0 Å². The quantitative estimate of drug-likeness (QED) is 0.435.